The molecule has 0 radical (unpaired) electrons. The van der Waals surface area contributed by atoms with Crippen LogP contribution in [0.1, 0.15) is 0 Å². The molecule has 144 valence electrons. The standard InChI is InChI=1S/C24H21N3O2/c1-27(15-18-16-28-21-13-7-8-14-22(21)29-18)24-19-11-5-6-12-20(19)25-23(26-24)17-9-3-2-4-10-17/h2-14,18H,15-16H2,1H3. The number of hydrogen-bond donors (Lipinski definition) is 0. The molecular weight excluding hydrogens is 362 g/mol. The second-order valence-corrected chi connectivity index (χ2v) is 7.13. The molecule has 4 aromatic rings. The van der Waals surface area contributed by atoms with Crippen LogP contribution >= 0.6 is 0 Å². The average Bonchev–Trinajstić information content (AvgIpc) is 2.79. The van der Waals surface area contributed by atoms with Gasteiger partial charge in [0.2, 0.25) is 0 Å². The summed E-state index contributed by atoms with van der Waals surface area (Å²) >= 11 is 0. The molecule has 0 aliphatic carbocycles. The summed E-state index contributed by atoms with van der Waals surface area (Å²) in [5.74, 6) is 3.19. The molecule has 5 heteroatoms. The molecule has 1 atom stereocenters. The number of ether oxygens (including phenoxy) is 2. The van der Waals surface area contributed by atoms with Crippen molar-refractivity contribution in [3.63, 3.8) is 0 Å². The summed E-state index contributed by atoms with van der Waals surface area (Å²) in [5, 5.41) is 1.02. The zero-order chi connectivity index (χ0) is 19.6. The van der Waals surface area contributed by atoms with Gasteiger partial charge in [0, 0.05) is 18.0 Å². The molecule has 1 unspecified atom stereocenters. The summed E-state index contributed by atoms with van der Waals surface area (Å²) in [7, 11) is 2.04. The summed E-state index contributed by atoms with van der Waals surface area (Å²) in [6.45, 7) is 1.17. The van der Waals surface area contributed by atoms with Crippen molar-refractivity contribution in [2.24, 2.45) is 0 Å². The van der Waals surface area contributed by atoms with Crippen LogP contribution in [-0.2, 0) is 0 Å². The van der Waals surface area contributed by atoms with E-state index >= 15 is 0 Å². The van der Waals surface area contributed by atoms with E-state index in [0.29, 0.717) is 13.2 Å². The highest BCUT2D eigenvalue weighted by Crippen LogP contribution is 2.32. The monoisotopic (exact) mass is 383 g/mol. The van der Waals surface area contributed by atoms with Crippen molar-refractivity contribution in [2.45, 2.75) is 6.10 Å². The highest BCUT2D eigenvalue weighted by atomic mass is 16.6. The Hall–Kier alpha value is -3.60. The van der Waals surface area contributed by atoms with E-state index in [1.54, 1.807) is 0 Å². The number of benzene rings is 3. The highest BCUT2D eigenvalue weighted by Gasteiger charge is 2.23. The number of likely N-dealkylation sites (N-methyl/N-ethyl adjacent to an activating group) is 1. The van der Waals surface area contributed by atoms with Crippen molar-refractivity contribution >= 4 is 16.7 Å². The zero-order valence-electron chi connectivity index (χ0n) is 16.2. The Morgan fingerprint density at radius 3 is 2.45 bits per heavy atom. The van der Waals surface area contributed by atoms with E-state index in [1.165, 1.54) is 0 Å². The van der Waals surface area contributed by atoms with Gasteiger partial charge in [-0.05, 0) is 24.3 Å². The van der Waals surface area contributed by atoms with Crippen LogP contribution in [0.15, 0.2) is 78.9 Å². The van der Waals surface area contributed by atoms with Crippen LogP contribution in [0.2, 0.25) is 0 Å². The third kappa shape index (κ3) is 3.47. The lowest BCUT2D eigenvalue weighted by molar-refractivity contribution is 0.0960. The number of aromatic nitrogens is 2. The van der Waals surface area contributed by atoms with Crippen molar-refractivity contribution in [2.75, 3.05) is 25.1 Å². The van der Waals surface area contributed by atoms with Crippen LogP contribution in [-0.4, -0.2) is 36.3 Å². The largest absolute Gasteiger partial charge is 0.486 e. The molecule has 1 aliphatic rings. The summed E-state index contributed by atoms with van der Waals surface area (Å²) in [6, 6.07) is 25.9. The Morgan fingerprint density at radius 2 is 1.59 bits per heavy atom. The fourth-order valence-corrected chi connectivity index (χ4v) is 3.61. The van der Waals surface area contributed by atoms with Crippen molar-refractivity contribution in [1.82, 2.24) is 9.97 Å². The van der Waals surface area contributed by atoms with E-state index in [1.807, 2.05) is 79.8 Å². The lowest BCUT2D eigenvalue weighted by Gasteiger charge is -2.30. The van der Waals surface area contributed by atoms with E-state index in [-0.39, 0.29) is 6.10 Å². The summed E-state index contributed by atoms with van der Waals surface area (Å²) in [6.07, 6.45) is -0.0798. The van der Waals surface area contributed by atoms with Crippen molar-refractivity contribution in [3.8, 4) is 22.9 Å². The second kappa shape index (κ2) is 7.43. The topological polar surface area (TPSA) is 47.5 Å². The summed E-state index contributed by atoms with van der Waals surface area (Å²) in [5.41, 5.74) is 1.92. The van der Waals surface area contributed by atoms with Crippen LogP contribution in [0.25, 0.3) is 22.3 Å². The Labute approximate surface area is 169 Å². The van der Waals surface area contributed by atoms with Crippen molar-refractivity contribution in [3.05, 3.63) is 78.9 Å². The normalized spacial score (nSPS) is 15.3. The predicted octanol–water partition coefficient (Wildman–Crippen LogP) is 4.57. The number of hydrogen-bond acceptors (Lipinski definition) is 5. The van der Waals surface area contributed by atoms with Gasteiger partial charge in [0.05, 0.1) is 12.1 Å². The molecule has 2 heterocycles. The minimum atomic E-state index is -0.0798. The van der Waals surface area contributed by atoms with Gasteiger partial charge in [0.1, 0.15) is 12.4 Å². The first-order valence-electron chi connectivity index (χ1n) is 9.70. The Kier molecular flexibility index (Phi) is 4.48. The van der Waals surface area contributed by atoms with Crippen molar-refractivity contribution < 1.29 is 9.47 Å². The summed E-state index contributed by atoms with van der Waals surface area (Å²) < 4.78 is 12.0. The minimum Gasteiger partial charge on any atom is -0.486 e. The Balaban J connectivity index is 1.47. The van der Waals surface area contributed by atoms with Crippen LogP contribution in [0.5, 0.6) is 11.5 Å². The maximum Gasteiger partial charge on any atom is 0.162 e. The third-order valence-corrected chi connectivity index (χ3v) is 5.02. The third-order valence-electron chi connectivity index (χ3n) is 5.02. The first-order valence-corrected chi connectivity index (χ1v) is 9.70. The molecule has 1 aliphatic heterocycles. The quantitative estimate of drug-likeness (QED) is 0.516. The van der Waals surface area contributed by atoms with Gasteiger partial charge < -0.3 is 14.4 Å². The predicted molar refractivity (Wildman–Crippen MR) is 115 cm³/mol. The molecular formula is C24H21N3O2. The first kappa shape index (κ1) is 17.5. The lowest BCUT2D eigenvalue weighted by Crippen LogP contribution is -2.39. The molecule has 29 heavy (non-hydrogen) atoms. The lowest BCUT2D eigenvalue weighted by atomic mass is 10.1. The molecule has 0 spiro atoms. The molecule has 1 aromatic heterocycles. The van der Waals surface area contributed by atoms with E-state index in [9.17, 15) is 0 Å². The maximum atomic E-state index is 6.14. The van der Waals surface area contributed by atoms with Crippen LogP contribution in [0, 0.1) is 0 Å². The minimum absolute atomic E-state index is 0.0798. The number of fused-ring (bicyclic) bond motifs is 2. The van der Waals surface area contributed by atoms with Gasteiger partial charge in [-0.25, -0.2) is 9.97 Å². The zero-order valence-corrected chi connectivity index (χ0v) is 16.2. The van der Waals surface area contributed by atoms with E-state index in [0.717, 1.165) is 39.6 Å². The van der Waals surface area contributed by atoms with Gasteiger partial charge in [0.15, 0.2) is 23.4 Å². The molecule has 0 amide bonds. The Bertz CT molecular complexity index is 1150. The van der Waals surface area contributed by atoms with Gasteiger partial charge in [0.25, 0.3) is 0 Å². The molecule has 0 N–H and O–H groups in total. The molecule has 0 bridgehead atoms. The number of anilines is 1. The van der Waals surface area contributed by atoms with Gasteiger partial charge in [-0.3, -0.25) is 0 Å². The van der Waals surface area contributed by atoms with Gasteiger partial charge in [-0.2, -0.15) is 0 Å². The first-order chi connectivity index (χ1) is 14.3. The fraction of sp³-hybridized carbons (Fsp3) is 0.167. The van der Waals surface area contributed by atoms with Gasteiger partial charge in [-0.1, -0.05) is 54.6 Å². The molecule has 5 rings (SSSR count). The Morgan fingerprint density at radius 1 is 0.862 bits per heavy atom. The molecule has 0 fully saturated rings. The molecule has 0 saturated heterocycles. The SMILES string of the molecule is CN(CC1COc2ccccc2O1)c1nc(-c2ccccc2)nc2ccccc12. The molecule has 3 aromatic carbocycles. The molecule has 5 nitrogen and oxygen atoms in total. The van der Waals surface area contributed by atoms with E-state index < -0.39 is 0 Å². The smallest absolute Gasteiger partial charge is 0.162 e. The number of rotatable bonds is 4. The molecule has 0 saturated carbocycles. The van der Waals surface area contributed by atoms with Crippen LogP contribution in [0.3, 0.4) is 0 Å². The average molecular weight is 383 g/mol. The highest BCUT2D eigenvalue weighted by molar-refractivity contribution is 5.91. The fourth-order valence-electron chi connectivity index (χ4n) is 3.61. The summed E-state index contributed by atoms with van der Waals surface area (Å²) in [4.78, 5) is 11.8. The van der Waals surface area contributed by atoms with Gasteiger partial charge >= 0.3 is 0 Å². The van der Waals surface area contributed by atoms with E-state index in [4.69, 9.17) is 19.4 Å². The van der Waals surface area contributed by atoms with Crippen LogP contribution in [0.4, 0.5) is 5.82 Å². The van der Waals surface area contributed by atoms with Crippen molar-refractivity contribution in [1.29, 1.82) is 0 Å². The van der Waals surface area contributed by atoms with Gasteiger partial charge in [-0.15, -0.1) is 0 Å². The van der Waals surface area contributed by atoms with Crippen LogP contribution < -0.4 is 14.4 Å². The number of nitrogens with zero attached hydrogens (tertiary/aromatic N) is 3. The van der Waals surface area contributed by atoms with E-state index in [2.05, 4.69) is 11.0 Å². The number of para-hydroxylation sites is 3. The maximum absolute atomic E-state index is 6.14. The second-order valence-electron chi connectivity index (χ2n) is 7.13.